The first-order valence-corrected chi connectivity index (χ1v) is 12.8. The summed E-state index contributed by atoms with van der Waals surface area (Å²) in [6, 6.07) is 8.72. The third-order valence-electron chi connectivity index (χ3n) is 6.52. The second-order valence-corrected chi connectivity index (χ2v) is 11.2. The summed E-state index contributed by atoms with van der Waals surface area (Å²) in [5.41, 5.74) is 4.67. The Hall–Kier alpha value is -1.45. The summed E-state index contributed by atoms with van der Waals surface area (Å²) in [4.78, 5) is 2.94. The van der Waals surface area contributed by atoms with E-state index < -0.39 is 10.0 Å². The minimum Gasteiger partial charge on any atom is -0.316 e. The SMILES string of the molecule is CC1=CC=C(S(=O)(=O)N2CCC(CN3CCc4ccccc4C3)CC2)C2=CNSN12.Cl. The van der Waals surface area contributed by atoms with Crippen LogP contribution in [0.5, 0.6) is 0 Å². The number of rotatable bonds is 4. The zero-order valence-electron chi connectivity index (χ0n) is 17.7. The van der Waals surface area contributed by atoms with Crippen LogP contribution in [-0.4, -0.2) is 48.1 Å². The van der Waals surface area contributed by atoms with Crippen LogP contribution >= 0.6 is 24.5 Å². The second-order valence-electron chi connectivity index (χ2n) is 8.47. The highest BCUT2D eigenvalue weighted by Gasteiger charge is 2.37. The highest BCUT2D eigenvalue weighted by molar-refractivity contribution is 7.96. The standard InChI is InChI=1S/C22H28N4O2S2.ClH/c1-17-6-7-22(21-14-23-29-26(17)21)30(27,28)25-12-8-18(9-13-25)15-24-11-10-19-4-2-3-5-20(19)16-24;/h2-7,14,18,23H,8-13,15-16H2,1H3;1H. The van der Waals surface area contributed by atoms with Gasteiger partial charge in [0.2, 0.25) is 10.0 Å². The van der Waals surface area contributed by atoms with E-state index in [4.69, 9.17) is 0 Å². The van der Waals surface area contributed by atoms with E-state index >= 15 is 0 Å². The third kappa shape index (κ3) is 4.41. The molecule has 0 amide bonds. The van der Waals surface area contributed by atoms with E-state index in [1.54, 1.807) is 16.6 Å². The Kier molecular flexibility index (Phi) is 6.74. The molecule has 1 aromatic carbocycles. The molecule has 0 bridgehead atoms. The fourth-order valence-electron chi connectivity index (χ4n) is 4.79. The summed E-state index contributed by atoms with van der Waals surface area (Å²) < 4.78 is 33.4. The number of piperidine rings is 1. The van der Waals surface area contributed by atoms with Crippen molar-refractivity contribution in [2.45, 2.75) is 32.7 Å². The van der Waals surface area contributed by atoms with Crippen LogP contribution in [0.3, 0.4) is 0 Å². The fourth-order valence-corrected chi connectivity index (χ4v) is 7.20. The zero-order valence-corrected chi connectivity index (χ0v) is 20.1. The van der Waals surface area contributed by atoms with Gasteiger partial charge in [0.25, 0.3) is 0 Å². The molecule has 1 N–H and O–H groups in total. The number of nitrogens with one attached hydrogen (secondary N) is 1. The summed E-state index contributed by atoms with van der Waals surface area (Å²) in [6.45, 7) is 6.37. The number of hydrogen-bond donors (Lipinski definition) is 1. The number of fused-ring (bicyclic) bond motifs is 2. The van der Waals surface area contributed by atoms with Crippen LogP contribution in [0.1, 0.15) is 30.9 Å². The maximum atomic E-state index is 13.3. The topological polar surface area (TPSA) is 55.9 Å². The first-order valence-electron chi connectivity index (χ1n) is 10.6. The van der Waals surface area contributed by atoms with Crippen molar-refractivity contribution in [1.82, 2.24) is 18.2 Å². The van der Waals surface area contributed by atoms with Gasteiger partial charge in [0, 0.05) is 44.6 Å². The molecule has 0 aromatic heterocycles. The van der Waals surface area contributed by atoms with Gasteiger partial charge in [-0.1, -0.05) is 24.3 Å². The first-order chi connectivity index (χ1) is 14.5. The highest BCUT2D eigenvalue weighted by Crippen LogP contribution is 2.38. The lowest BCUT2D eigenvalue weighted by Crippen LogP contribution is -2.43. The van der Waals surface area contributed by atoms with Crippen molar-refractivity contribution < 1.29 is 8.42 Å². The van der Waals surface area contributed by atoms with Gasteiger partial charge in [-0.15, -0.1) is 12.4 Å². The van der Waals surface area contributed by atoms with E-state index in [0.29, 0.717) is 23.9 Å². The van der Waals surface area contributed by atoms with Crippen molar-refractivity contribution in [1.29, 1.82) is 0 Å². The monoisotopic (exact) mass is 480 g/mol. The van der Waals surface area contributed by atoms with Gasteiger partial charge in [-0.05, 0) is 55.4 Å². The summed E-state index contributed by atoms with van der Waals surface area (Å²) in [5, 5.41) is 0. The number of sulfonamides is 1. The van der Waals surface area contributed by atoms with E-state index in [1.807, 2.05) is 17.3 Å². The first kappa shape index (κ1) is 22.7. The quantitative estimate of drug-likeness (QED) is 0.664. The number of halogens is 1. The number of allylic oxidation sites excluding steroid dienone is 3. The highest BCUT2D eigenvalue weighted by atomic mass is 35.5. The molecule has 1 fully saturated rings. The van der Waals surface area contributed by atoms with E-state index in [1.165, 1.54) is 23.3 Å². The molecule has 0 atom stereocenters. The normalized spacial score (nSPS) is 22.5. The van der Waals surface area contributed by atoms with Crippen molar-refractivity contribution in [3.8, 4) is 0 Å². The summed E-state index contributed by atoms with van der Waals surface area (Å²) >= 11 is 1.41. The maximum Gasteiger partial charge on any atom is 0.245 e. The van der Waals surface area contributed by atoms with Crippen LogP contribution in [0, 0.1) is 5.92 Å². The smallest absolute Gasteiger partial charge is 0.245 e. The van der Waals surface area contributed by atoms with Crippen molar-refractivity contribution in [3.63, 3.8) is 0 Å². The fraction of sp³-hybridized carbons (Fsp3) is 0.455. The number of benzene rings is 1. The Morgan fingerprint density at radius 1 is 1.10 bits per heavy atom. The minimum absolute atomic E-state index is 0. The molecule has 1 saturated heterocycles. The molecule has 9 heteroatoms. The minimum atomic E-state index is -3.49. The molecule has 0 unspecified atom stereocenters. The summed E-state index contributed by atoms with van der Waals surface area (Å²) in [7, 11) is -3.49. The summed E-state index contributed by atoms with van der Waals surface area (Å²) in [5.74, 6) is 0.559. The molecule has 168 valence electrons. The van der Waals surface area contributed by atoms with Crippen LogP contribution in [0.2, 0.25) is 0 Å². The Balaban J connectivity index is 0.00000231. The van der Waals surface area contributed by atoms with Crippen LogP contribution in [0.25, 0.3) is 0 Å². The lowest BCUT2D eigenvalue weighted by molar-refractivity contribution is 0.172. The van der Waals surface area contributed by atoms with Crippen molar-refractivity contribution in [2.24, 2.45) is 5.92 Å². The number of nitrogens with zero attached hydrogens (tertiary/aromatic N) is 3. The van der Waals surface area contributed by atoms with Crippen LogP contribution in [0.15, 0.2) is 58.9 Å². The Labute approximate surface area is 195 Å². The van der Waals surface area contributed by atoms with Crippen LogP contribution in [0.4, 0.5) is 0 Å². The molecule has 0 spiro atoms. The molecule has 0 radical (unpaired) electrons. The molecular weight excluding hydrogens is 452 g/mol. The van der Waals surface area contributed by atoms with Gasteiger partial charge in [0.05, 0.1) is 17.8 Å². The van der Waals surface area contributed by atoms with Crippen LogP contribution in [-0.2, 0) is 23.0 Å². The molecule has 0 aliphatic carbocycles. The van der Waals surface area contributed by atoms with E-state index in [9.17, 15) is 8.42 Å². The second kappa shape index (κ2) is 9.19. The largest absolute Gasteiger partial charge is 0.316 e. The van der Waals surface area contributed by atoms with Gasteiger partial charge >= 0.3 is 0 Å². The molecule has 4 heterocycles. The maximum absolute atomic E-state index is 13.3. The van der Waals surface area contributed by atoms with Gasteiger partial charge in [-0.2, -0.15) is 4.31 Å². The molecule has 1 aromatic rings. The summed E-state index contributed by atoms with van der Waals surface area (Å²) in [6.07, 6.45) is 8.38. The lowest BCUT2D eigenvalue weighted by Gasteiger charge is -2.37. The third-order valence-corrected chi connectivity index (χ3v) is 9.36. The molecule has 0 saturated carbocycles. The lowest BCUT2D eigenvalue weighted by atomic mass is 9.94. The van der Waals surface area contributed by atoms with Gasteiger partial charge in [-0.3, -0.25) is 9.21 Å². The van der Waals surface area contributed by atoms with Gasteiger partial charge in [0.1, 0.15) is 4.91 Å². The molecular formula is C22H29ClN4O2S2. The Morgan fingerprint density at radius 2 is 1.84 bits per heavy atom. The van der Waals surface area contributed by atoms with E-state index in [0.717, 1.165) is 50.3 Å². The van der Waals surface area contributed by atoms with Crippen molar-refractivity contribution in [2.75, 3.05) is 26.2 Å². The predicted octanol–water partition coefficient (Wildman–Crippen LogP) is 3.62. The Morgan fingerprint density at radius 3 is 2.61 bits per heavy atom. The van der Waals surface area contributed by atoms with Crippen LogP contribution < -0.4 is 4.72 Å². The van der Waals surface area contributed by atoms with Crippen molar-refractivity contribution >= 4 is 34.6 Å². The average Bonchev–Trinajstić information content (AvgIpc) is 3.25. The van der Waals surface area contributed by atoms with Gasteiger partial charge < -0.3 is 4.72 Å². The molecule has 5 rings (SSSR count). The van der Waals surface area contributed by atoms with Gasteiger partial charge in [0.15, 0.2) is 0 Å². The predicted molar refractivity (Wildman–Crippen MR) is 128 cm³/mol. The van der Waals surface area contributed by atoms with E-state index in [2.05, 4.69) is 33.9 Å². The van der Waals surface area contributed by atoms with Gasteiger partial charge in [-0.25, -0.2) is 8.42 Å². The number of hydrogen-bond acceptors (Lipinski definition) is 6. The zero-order chi connectivity index (χ0) is 20.7. The molecule has 4 aliphatic rings. The van der Waals surface area contributed by atoms with Crippen molar-refractivity contribution in [3.05, 3.63) is 70.0 Å². The molecule has 4 aliphatic heterocycles. The van der Waals surface area contributed by atoms with E-state index in [-0.39, 0.29) is 12.4 Å². The Bertz CT molecular complexity index is 1030. The molecule has 6 nitrogen and oxygen atoms in total. The molecule has 31 heavy (non-hydrogen) atoms. The average molecular weight is 481 g/mol.